The summed E-state index contributed by atoms with van der Waals surface area (Å²) >= 11 is 0. The molecule has 0 bridgehead atoms. The first-order valence-electron chi connectivity index (χ1n) is 9.03. The van der Waals surface area contributed by atoms with E-state index in [0.717, 1.165) is 25.9 Å². The largest absolute Gasteiger partial charge is 0.344 e. The fourth-order valence-electron chi connectivity index (χ4n) is 3.96. The lowest BCUT2D eigenvalue weighted by Crippen LogP contribution is -3.13. The third kappa shape index (κ3) is 4.10. The number of nitrogens with one attached hydrogen (secondary N) is 2. The van der Waals surface area contributed by atoms with Gasteiger partial charge in [-0.2, -0.15) is 0 Å². The fourth-order valence-corrected chi connectivity index (χ4v) is 3.96. The Labute approximate surface area is 134 Å². The molecule has 0 saturated carbocycles. The van der Waals surface area contributed by atoms with Crippen LogP contribution in [0.5, 0.6) is 0 Å². The van der Waals surface area contributed by atoms with Gasteiger partial charge in [-0.05, 0) is 56.1 Å². The maximum Gasteiger partial charge on any atom is 0.275 e. The molecule has 0 aromatic heterocycles. The first kappa shape index (κ1) is 15.5. The minimum atomic E-state index is 0.228. The number of aryl methyl sites for hydroxylation is 1. The zero-order valence-corrected chi connectivity index (χ0v) is 13.6. The number of likely N-dealkylation sites (tertiary alicyclic amines) is 1. The number of hydrogen-bond donors (Lipinski definition) is 2. The second kappa shape index (κ2) is 7.77. The number of hydrogen-bond acceptors (Lipinski definition) is 1. The van der Waals surface area contributed by atoms with Crippen LogP contribution in [0.25, 0.3) is 0 Å². The lowest BCUT2D eigenvalue weighted by molar-refractivity contribution is -0.893. The summed E-state index contributed by atoms with van der Waals surface area (Å²) in [5.41, 5.74) is 2.75. The molecular weight excluding hydrogens is 272 g/mol. The van der Waals surface area contributed by atoms with E-state index in [-0.39, 0.29) is 11.9 Å². The summed E-state index contributed by atoms with van der Waals surface area (Å²) in [6, 6.07) is 8.81. The predicted molar refractivity (Wildman–Crippen MR) is 88.9 cm³/mol. The molecule has 2 N–H and O–H groups in total. The molecule has 3 heteroatoms. The Kier molecular flexibility index (Phi) is 5.49. The predicted octanol–water partition coefficient (Wildman–Crippen LogP) is 2.03. The van der Waals surface area contributed by atoms with Crippen molar-refractivity contribution in [1.82, 2.24) is 5.32 Å². The average molecular weight is 301 g/mol. The molecular formula is C19H29N2O+. The van der Waals surface area contributed by atoms with Crippen molar-refractivity contribution >= 4 is 5.91 Å². The second-order valence-electron chi connectivity index (χ2n) is 6.91. The standard InChI is InChI=1S/C19H28N2O/c22-19(15-21-13-6-2-1-3-7-14-21)20-18-12-8-10-16-9-4-5-11-17(16)18/h4-5,9,11,18H,1-3,6-8,10,12-15H2,(H,20,22)/p+1/t18-/m1/s1. The van der Waals surface area contributed by atoms with Crippen molar-refractivity contribution in [2.75, 3.05) is 19.6 Å². The first-order valence-corrected chi connectivity index (χ1v) is 9.03. The highest BCUT2D eigenvalue weighted by Crippen LogP contribution is 2.29. The number of rotatable bonds is 3. The van der Waals surface area contributed by atoms with Crippen LogP contribution in [0.4, 0.5) is 0 Å². The van der Waals surface area contributed by atoms with Gasteiger partial charge in [0.1, 0.15) is 0 Å². The minimum absolute atomic E-state index is 0.228. The van der Waals surface area contributed by atoms with Crippen LogP contribution < -0.4 is 10.2 Å². The van der Waals surface area contributed by atoms with E-state index >= 15 is 0 Å². The molecule has 3 rings (SSSR count). The van der Waals surface area contributed by atoms with Crippen molar-refractivity contribution < 1.29 is 9.69 Å². The lowest BCUT2D eigenvalue weighted by atomic mass is 9.88. The Morgan fingerprint density at radius 2 is 1.77 bits per heavy atom. The Hall–Kier alpha value is -1.35. The van der Waals surface area contributed by atoms with Gasteiger partial charge in [-0.25, -0.2) is 0 Å². The van der Waals surface area contributed by atoms with Crippen LogP contribution in [0.3, 0.4) is 0 Å². The van der Waals surface area contributed by atoms with Crippen molar-refractivity contribution in [2.45, 2.75) is 57.4 Å². The Morgan fingerprint density at radius 1 is 1.05 bits per heavy atom. The van der Waals surface area contributed by atoms with Crippen molar-refractivity contribution in [3.8, 4) is 0 Å². The third-order valence-electron chi connectivity index (χ3n) is 5.18. The first-order chi connectivity index (χ1) is 10.8. The minimum Gasteiger partial charge on any atom is -0.344 e. The molecule has 1 atom stereocenters. The lowest BCUT2D eigenvalue weighted by Gasteiger charge is -2.27. The highest BCUT2D eigenvalue weighted by atomic mass is 16.2. The molecule has 2 aliphatic rings. The van der Waals surface area contributed by atoms with E-state index in [0.29, 0.717) is 6.54 Å². The Morgan fingerprint density at radius 3 is 2.59 bits per heavy atom. The van der Waals surface area contributed by atoms with Crippen LogP contribution in [0, 0.1) is 0 Å². The van der Waals surface area contributed by atoms with Crippen molar-refractivity contribution in [3.63, 3.8) is 0 Å². The third-order valence-corrected chi connectivity index (χ3v) is 5.18. The molecule has 120 valence electrons. The van der Waals surface area contributed by atoms with Gasteiger partial charge >= 0.3 is 0 Å². The highest BCUT2D eigenvalue weighted by molar-refractivity contribution is 5.77. The van der Waals surface area contributed by atoms with Gasteiger partial charge in [0.2, 0.25) is 0 Å². The Balaban J connectivity index is 1.55. The van der Waals surface area contributed by atoms with Crippen molar-refractivity contribution in [3.05, 3.63) is 35.4 Å². The molecule has 22 heavy (non-hydrogen) atoms. The maximum absolute atomic E-state index is 12.5. The molecule has 1 aromatic carbocycles. The van der Waals surface area contributed by atoms with Crippen molar-refractivity contribution in [2.24, 2.45) is 0 Å². The molecule has 0 spiro atoms. The summed E-state index contributed by atoms with van der Waals surface area (Å²) in [6.45, 7) is 2.97. The fraction of sp³-hybridized carbons (Fsp3) is 0.632. The van der Waals surface area contributed by atoms with Crippen LogP contribution in [0.1, 0.15) is 62.1 Å². The molecule has 1 aliphatic carbocycles. The van der Waals surface area contributed by atoms with Gasteiger partial charge in [0.25, 0.3) is 5.91 Å². The van der Waals surface area contributed by atoms with Crippen molar-refractivity contribution in [1.29, 1.82) is 0 Å². The summed E-state index contributed by atoms with van der Waals surface area (Å²) in [6.07, 6.45) is 10.0. The smallest absolute Gasteiger partial charge is 0.275 e. The number of benzene rings is 1. The van der Waals surface area contributed by atoms with Crippen LogP contribution in [-0.4, -0.2) is 25.5 Å². The van der Waals surface area contributed by atoms with Gasteiger partial charge in [0.15, 0.2) is 6.54 Å². The van der Waals surface area contributed by atoms with Gasteiger partial charge in [-0.15, -0.1) is 0 Å². The van der Waals surface area contributed by atoms with E-state index in [1.165, 1.54) is 54.6 Å². The summed E-state index contributed by atoms with van der Waals surface area (Å²) in [5, 5.41) is 3.30. The van der Waals surface area contributed by atoms with Crippen LogP contribution in [-0.2, 0) is 11.2 Å². The van der Waals surface area contributed by atoms with E-state index in [9.17, 15) is 4.79 Å². The normalized spacial score (nSPS) is 23.2. The highest BCUT2D eigenvalue weighted by Gasteiger charge is 2.23. The summed E-state index contributed by atoms with van der Waals surface area (Å²) in [7, 11) is 0. The van der Waals surface area contributed by atoms with Gasteiger partial charge in [-0.3, -0.25) is 4.79 Å². The van der Waals surface area contributed by atoms with Crippen LogP contribution in [0.2, 0.25) is 0 Å². The van der Waals surface area contributed by atoms with Crippen LogP contribution >= 0.6 is 0 Å². The number of amides is 1. The molecule has 1 aromatic rings. The summed E-state index contributed by atoms with van der Waals surface area (Å²) < 4.78 is 0. The molecule has 1 saturated heterocycles. The molecule has 0 radical (unpaired) electrons. The quantitative estimate of drug-likeness (QED) is 0.880. The zero-order chi connectivity index (χ0) is 15.2. The molecule has 3 nitrogen and oxygen atoms in total. The van der Waals surface area contributed by atoms with E-state index in [4.69, 9.17) is 0 Å². The molecule has 1 fully saturated rings. The second-order valence-corrected chi connectivity index (χ2v) is 6.91. The maximum atomic E-state index is 12.5. The SMILES string of the molecule is O=C(C[NH+]1CCCCCCC1)N[C@@H]1CCCc2ccccc21. The number of quaternary nitrogens is 1. The van der Waals surface area contributed by atoms with Gasteiger partial charge in [0.05, 0.1) is 19.1 Å². The monoisotopic (exact) mass is 301 g/mol. The van der Waals surface area contributed by atoms with E-state index in [1.54, 1.807) is 0 Å². The summed E-state index contributed by atoms with van der Waals surface area (Å²) in [5.74, 6) is 0.234. The number of fused-ring (bicyclic) bond motifs is 1. The van der Waals surface area contributed by atoms with E-state index in [2.05, 4.69) is 29.6 Å². The Bertz CT molecular complexity index is 492. The van der Waals surface area contributed by atoms with Gasteiger partial charge < -0.3 is 10.2 Å². The summed E-state index contributed by atoms with van der Waals surface area (Å²) in [4.78, 5) is 13.9. The van der Waals surface area contributed by atoms with Gasteiger partial charge in [-0.1, -0.05) is 30.7 Å². The average Bonchev–Trinajstić information content (AvgIpc) is 2.50. The number of carbonyl (C=O) groups excluding carboxylic acids is 1. The number of carbonyl (C=O) groups is 1. The van der Waals surface area contributed by atoms with E-state index in [1.807, 2.05) is 0 Å². The van der Waals surface area contributed by atoms with E-state index < -0.39 is 0 Å². The zero-order valence-electron chi connectivity index (χ0n) is 13.6. The van der Waals surface area contributed by atoms with Crippen LogP contribution in [0.15, 0.2) is 24.3 Å². The molecule has 0 unspecified atom stereocenters. The molecule has 1 aliphatic heterocycles. The molecule has 1 heterocycles. The topological polar surface area (TPSA) is 33.5 Å². The molecule has 1 amide bonds. The van der Waals surface area contributed by atoms with Gasteiger partial charge in [0, 0.05) is 0 Å².